The maximum absolute atomic E-state index is 12.6. The molecular formula is C12H18N4O3S2. The molecule has 1 fully saturated rings. The first kappa shape index (κ1) is 14.8. The number of ether oxygens (including phenoxy) is 1. The lowest BCUT2D eigenvalue weighted by Crippen LogP contribution is -2.40. The predicted octanol–water partition coefficient (Wildman–Crippen LogP) is 1.07. The number of fused-ring (bicyclic) bond motifs is 1. The number of rotatable bonds is 4. The molecule has 1 unspecified atom stereocenters. The highest BCUT2D eigenvalue weighted by atomic mass is 32.2. The van der Waals surface area contributed by atoms with E-state index in [1.165, 1.54) is 15.7 Å². The van der Waals surface area contributed by atoms with Crippen LogP contribution in [0.3, 0.4) is 0 Å². The molecule has 0 spiro atoms. The number of nitrogens with two attached hydrogens (primary N) is 1. The first-order valence-electron chi connectivity index (χ1n) is 6.80. The van der Waals surface area contributed by atoms with Gasteiger partial charge in [0.2, 0.25) is 0 Å². The quantitative estimate of drug-likeness (QED) is 0.874. The number of nitrogens with zero attached hydrogens (tertiary/aromatic N) is 2. The van der Waals surface area contributed by atoms with Gasteiger partial charge in [-0.05, 0) is 25.7 Å². The monoisotopic (exact) mass is 330 g/mol. The Balaban J connectivity index is 1.86. The number of anilines is 1. The van der Waals surface area contributed by atoms with Crippen LogP contribution in [0.15, 0.2) is 16.6 Å². The molecule has 1 aliphatic rings. The lowest BCUT2D eigenvalue weighted by molar-refractivity contribution is 0.0585. The van der Waals surface area contributed by atoms with Gasteiger partial charge in [-0.25, -0.2) is 18.1 Å². The third-order valence-corrected chi connectivity index (χ3v) is 6.17. The van der Waals surface area contributed by atoms with Gasteiger partial charge in [0.1, 0.15) is 0 Å². The van der Waals surface area contributed by atoms with Crippen molar-refractivity contribution in [1.29, 1.82) is 0 Å². The number of aromatic nitrogens is 2. The Labute approximate surface area is 127 Å². The zero-order chi connectivity index (χ0) is 15.0. The Bertz CT molecular complexity index is 731. The van der Waals surface area contributed by atoms with E-state index < -0.39 is 10.0 Å². The van der Waals surface area contributed by atoms with Crippen LogP contribution in [0.1, 0.15) is 19.8 Å². The maximum Gasteiger partial charge on any atom is 0.260 e. The Hall–Kier alpha value is -1.16. The number of imidazole rings is 1. The summed E-state index contributed by atoms with van der Waals surface area (Å²) in [6.45, 7) is 3.25. The van der Waals surface area contributed by atoms with Gasteiger partial charge in [-0.15, -0.1) is 11.3 Å². The van der Waals surface area contributed by atoms with Gasteiger partial charge >= 0.3 is 0 Å². The fourth-order valence-corrected chi connectivity index (χ4v) is 4.96. The van der Waals surface area contributed by atoms with Crippen LogP contribution in [0.5, 0.6) is 0 Å². The van der Waals surface area contributed by atoms with Crippen molar-refractivity contribution in [2.45, 2.75) is 30.8 Å². The molecule has 1 saturated heterocycles. The van der Waals surface area contributed by atoms with Crippen LogP contribution >= 0.6 is 11.3 Å². The van der Waals surface area contributed by atoms with Crippen LogP contribution in [0.2, 0.25) is 0 Å². The van der Waals surface area contributed by atoms with Crippen LogP contribution in [0.4, 0.5) is 5.82 Å². The second-order valence-corrected chi connectivity index (χ2v) is 7.72. The molecule has 2 aromatic rings. The van der Waals surface area contributed by atoms with Crippen LogP contribution < -0.4 is 10.5 Å². The van der Waals surface area contributed by atoms with Crippen molar-refractivity contribution in [1.82, 2.24) is 14.1 Å². The second-order valence-electron chi connectivity index (χ2n) is 5.22. The normalized spacial score (nSPS) is 19.1. The molecular weight excluding hydrogens is 312 g/mol. The Morgan fingerprint density at radius 2 is 2.24 bits per heavy atom. The van der Waals surface area contributed by atoms with Gasteiger partial charge in [-0.2, -0.15) is 0 Å². The molecule has 21 heavy (non-hydrogen) atoms. The summed E-state index contributed by atoms with van der Waals surface area (Å²) in [5.74, 6) is 0.314. The van der Waals surface area contributed by atoms with E-state index in [9.17, 15) is 8.42 Å². The van der Waals surface area contributed by atoms with E-state index in [-0.39, 0.29) is 22.8 Å². The van der Waals surface area contributed by atoms with E-state index in [2.05, 4.69) is 9.71 Å². The van der Waals surface area contributed by atoms with Crippen molar-refractivity contribution < 1.29 is 13.2 Å². The number of hydrogen-bond donors (Lipinski definition) is 2. The molecule has 2 aromatic heterocycles. The van der Waals surface area contributed by atoms with Crippen molar-refractivity contribution in [3.8, 4) is 0 Å². The molecule has 7 nitrogen and oxygen atoms in total. The molecule has 3 N–H and O–H groups in total. The summed E-state index contributed by atoms with van der Waals surface area (Å²) >= 11 is 1.35. The van der Waals surface area contributed by atoms with Crippen LogP contribution in [0.25, 0.3) is 4.96 Å². The molecule has 0 radical (unpaired) electrons. The average molecular weight is 330 g/mol. The summed E-state index contributed by atoms with van der Waals surface area (Å²) in [6, 6.07) is -0.164. The molecule has 0 amide bonds. The largest absolute Gasteiger partial charge is 0.381 e. The topological polar surface area (TPSA) is 98.7 Å². The van der Waals surface area contributed by atoms with Gasteiger partial charge in [0, 0.05) is 30.8 Å². The summed E-state index contributed by atoms with van der Waals surface area (Å²) in [5, 5.41) is 1.81. The number of nitrogens with one attached hydrogen (secondary N) is 1. The highest BCUT2D eigenvalue weighted by molar-refractivity contribution is 7.89. The summed E-state index contributed by atoms with van der Waals surface area (Å²) in [4.78, 5) is 4.65. The Kier molecular flexibility index (Phi) is 3.91. The van der Waals surface area contributed by atoms with E-state index in [0.29, 0.717) is 18.2 Å². The van der Waals surface area contributed by atoms with Gasteiger partial charge in [-0.1, -0.05) is 0 Å². The van der Waals surface area contributed by atoms with Crippen molar-refractivity contribution in [2.75, 3.05) is 18.9 Å². The van der Waals surface area contributed by atoms with E-state index in [0.717, 1.165) is 12.8 Å². The molecule has 116 valence electrons. The van der Waals surface area contributed by atoms with Crippen molar-refractivity contribution in [3.63, 3.8) is 0 Å². The number of hydrogen-bond acceptors (Lipinski definition) is 6. The molecule has 0 aromatic carbocycles. The predicted molar refractivity (Wildman–Crippen MR) is 80.8 cm³/mol. The molecule has 3 heterocycles. The van der Waals surface area contributed by atoms with Gasteiger partial charge in [-0.3, -0.25) is 4.40 Å². The molecule has 0 bridgehead atoms. The standard InChI is InChI=1S/C12H18N4O3S2/c1-8(9-2-5-19-6-3-9)15-21(17,18)11-10(13)14-12-16(11)4-7-20-12/h4,7-9,15H,2-3,5-6,13H2,1H3. The third-order valence-electron chi connectivity index (χ3n) is 3.81. The summed E-state index contributed by atoms with van der Waals surface area (Å²) < 4.78 is 34.8. The molecule has 1 aliphatic heterocycles. The zero-order valence-electron chi connectivity index (χ0n) is 11.7. The fourth-order valence-electron chi connectivity index (χ4n) is 2.66. The minimum Gasteiger partial charge on any atom is -0.381 e. The van der Waals surface area contributed by atoms with E-state index in [1.807, 2.05) is 6.92 Å². The lowest BCUT2D eigenvalue weighted by atomic mass is 9.94. The first-order valence-corrected chi connectivity index (χ1v) is 9.16. The van der Waals surface area contributed by atoms with Crippen LogP contribution in [-0.4, -0.2) is 37.1 Å². The van der Waals surface area contributed by atoms with Gasteiger partial charge in [0.25, 0.3) is 10.0 Å². The highest BCUT2D eigenvalue weighted by Crippen LogP contribution is 2.25. The summed E-state index contributed by atoms with van der Waals surface area (Å²) in [5.41, 5.74) is 5.77. The van der Waals surface area contributed by atoms with Gasteiger partial charge in [0.05, 0.1) is 0 Å². The lowest BCUT2D eigenvalue weighted by Gasteiger charge is -2.28. The smallest absolute Gasteiger partial charge is 0.260 e. The van der Waals surface area contributed by atoms with Crippen LogP contribution in [0, 0.1) is 5.92 Å². The summed E-state index contributed by atoms with van der Waals surface area (Å²) in [7, 11) is -3.70. The SMILES string of the molecule is CC(NS(=O)(=O)c1c(N)nc2sccn12)C1CCOCC1. The van der Waals surface area contributed by atoms with Gasteiger partial charge in [0.15, 0.2) is 15.8 Å². The molecule has 9 heteroatoms. The van der Waals surface area contributed by atoms with Crippen LogP contribution in [-0.2, 0) is 14.8 Å². The minimum atomic E-state index is -3.70. The Morgan fingerprint density at radius 3 is 2.95 bits per heavy atom. The van der Waals surface area contributed by atoms with Crippen molar-refractivity contribution >= 4 is 32.1 Å². The Morgan fingerprint density at radius 1 is 1.52 bits per heavy atom. The summed E-state index contributed by atoms with van der Waals surface area (Å²) in [6.07, 6.45) is 3.38. The van der Waals surface area contributed by atoms with E-state index in [4.69, 9.17) is 10.5 Å². The number of thiazole rings is 1. The molecule has 1 atom stereocenters. The number of sulfonamides is 1. The minimum absolute atomic E-state index is 0.0256. The highest BCUT2D eigenvalue weighted by Gasteiger charge is 2.29. The second kappa shape index (κ2) is 5.56. The van der Waals surface area contributed by atoms with Crippen molar-refractivity contribution in [2.24, 2.45) is 5.92 Å². The van der Waals surface area contributed by atoms with E-state index in [1.54, 1.807) is 11.6 Å². The molecule has 3 rings (SSSR count). The fraction of sp³-hybridized carbons (Fsp3) is 0.583. The van der Waals surface area contributed by atoms with E-state index >= 15 is 0 Å². The molecule has 0 aliphatic carbocycles. The third kappa shape index (κ3) is 2.78. The van der Waals surface area contributed by atoms with Gasteiger partial charge < -0.3 is 10.5 Å². The first-order chi connectivity index (χ1) is 9.99. The maximum atomic E-state index is 12.6. The average Bonchev–Trinajstić information content (AvgIpc) is 2.98. The number of nitrogen functional groups attached to an aromatic ring is 1. The zero-order valence-corrected chi connectivity index (χ0v) is 13.3. The van der Waals surface area contributed by atoms with Crippen molar-refractivity contribution in [3.05, 3.63) is 11.6 Å². The molecule has 0 saturated carbocycles.